The Labute approximate surface area is 185 Å². The summed E-state index contributed by atoms with van der Waals surface area (Å²) in [6.07, 6.45) is -0.0236. The highest BCUT2D eigenvalue weighted by atomic mass is 79.9. The summed E-state index contributed by atoms with van der Waals surface area (Å²) in [6.45, 7) is 0. The van der Waals surface area contributed by atoms with Crippen LogP contribution in [0.15, 0.2) is 71.2 Å². The molecule has 0 amide bonds. The van der Waals surface area contributed by atoms with Gasteiger partial charge in [0.15, 0.2) is 11.5 Å². The van der Waals surface area contributed by atoms with Crippen LogP contribution in [0.25, 0.3) is 0 Å². The van der Waals surface area contributed by atoms with E-state index >= 15 is 0 Å². The third-order valence-corrected chi connectivity index (χ3v) is 5.16. The summed E-state index contributed by atoms with van der Waals surface area (Å²) in [5.41, 5.74) is 1.12. The van der Waals surface area contributed by atoms with Crippen molar-refractivity contribution in [1.82, 2.24) is 0 Å². The van der Waals surface area contributed by atoms with Gasteiger partial charge in [0, 0.05) is 28.2 Å². The van der Waals surface area contributed by atoms with Gasteiger partial charge >= 0.3 is 11.7 Å². The highest BCUT2D eigenvalue weighted by molar-refractivity contribution is 9.10. The lowest BCUT2D eigenvalue weighted by molar-refractivity contribution is -0.385. The fourth-order valence-electron chi connectivity index (χ4n) is 3.00. The average molecular weight is 485 g/mol. The Bertz CT molecular complexity index is 1130. The number of halogens is 1. The molecule has 3 aromatic carbocycles. The van der Waals surface area contributed by atoms with Crippen LogP contribution in [0.3, 0.4) is 0 Å². The van der Waals surface area contributed by atoms with E-state index in [1.165, 1.54) is 18.2 Å². The number of carboxylic acids is 1. The van der Waals surface area contributed by atoms with E-state index in [1.807, 2.05) is 24.3 Å². The smallest absolute Gasteiger partial charge is 0.335 e. The topological polar surface area (TPSA) is 130 Å². The lowest BCUT2D eigenvalue weighted by atomic mass is 9.97. The molecule has 8 nitrogen and oxygen atoms in total. The standard InChI is InChI=1S/C22H17BrN2O6/c23-16-6-1-13(2-7-16)18(24-17-8-3-14(4-9-17)22(28)29)12-21(27)15-5-10-20(26)19(11-15)25(30)31/h1-11,18,24,26H,12H2,(H,28,29). The SMILES string of the molecule is O=C(O)c1ccc(NC(CC(=O)c2ccc(O)c([N+](=O)[O-])c2)c2ccc(Br)cc2)cc1. The lowest BCUT2D eigenvalue weighted by Gasteiger charge is -2.20. The van der Waals surface area contributed by atoms with Gasteiger partial charge in [-0.2, -0.15) is 0 Å². The normalized spacial score (nSPS) is 11.5. The first-order valence-electron chi connectivity index (χ1n) is 9.10. The van der Waals surface area contributed by atoms with Gasteiger partial charge in [0.1, 0.15) is 0 Å². The number of ketones is 1. The maximum absolute atomic E-state index is 12.9. The van der Waals surface area contributed by atoms with E-state index in [4.69, 9.17) is 5.11 Å². The molecular weight excluding hydrogens is 468 g/mol. The van der Waals surface area contributed by atoms with E-state index < -0.39 is 28.4 Å². The molecule has 0 aliphatic heterocycles. The number of phenols is 1. The molecular formula is C22H17BrN2O6. The van der Waals surface area contributed by atoms with Crippen LogP contribution in [0.5, 0.6) is 5.75 Å². The van der Waals surface area contributed by atoms with Gasteiger partial charge in [-0.3, -0.25) is 14.9 Å². The fourth-order valence-corrected chi connectivity index (χ4v) is 3.27. The Balaban J connectivity index is 1.88. The molecule has 9 heteroatoms. The first-order chi connectivity index (χ1) is 14.7. The van der Waals surface area contributed by atoms with Crippen LogP contribution >= 0.6 is 15.9 Å². The Morgan fingerprint density at radius 2 is 1.61 bits per heavy atom. The molecule has 0 heterocycles. The van der Waals surface area contributed by atoms with E-state index in [2.05, 4.69) is 21.2 Å². The number of hydrogen-bond donors (Lipinski definition) is 3. The number of phenolic OH excluding ortho intramolecular Hbond substituents is 1. The Morgan fingerprint density at radius 3 is 2.19 bits per heavy atom. The van der Waals surface area contributed by atoms with Gasteiger partial charge in [-0.15, -0.1) is 0 Å². The van der Waals surface area contributed by atoms with Crippen LogP contribution in [0.1, 0.15) is 38.7 Å². The average Bonchev–Trinajstić information content (AvgIpc) is 2.74. The highest BCUT2D eigenvalue weighted by Crippen LogP contribution is 2.30. The molecule has 0 aromatic heterocycles. The molecule has 0 radical (unpaired) electrons. The van der Waals surface area contributed by atoms with Gasteiger partial charge in [-0.25, -0.2) is 4.79 Å². The zero-order valence-corrected chi connectivity index (χ0v) is 17.6. The molecule has 3 N–H and O–H groups in total. The van der Waals surface area contributed by atoms with E-state index in [9.17, 15) is 24.8 Å². The minimum Gasteiger partial charge on any atom is -0.502 e. The minimum absolute atomic E-state index is 0.0236. The number of benzene rings is 3. The fraction of sp³-hybridized carbons (Fsp3) is 0.0909. The van der Waals surface area contributed by atoms with Crippen LogP contribution in [-0.2, 0) is 0 Å². The number of Topliss-reactive ketones (excluding diaryl/α,β-unsaturated/α-hetero) is 1. The van der Waals surface area contributed by atoms with Crippen LogP contribution in [0, 0.1) is 10.1 Å². The summed E-state index contributed by atoms with van der Waals surface area (Å²) in [5, 5.41) is 33.0. The number of hydrogen-bond acceptors (Lipinski definition) is 6. The number of rotatable bonds is 8. The molecule has 3 aromatic rings. The number of nitro benzene ring substituents is 1. The predicted octanol–water partition coefficient (Wildman–Crippen LogP) is 5.19. The number of carbonyl (C=O) groups is 2. The zero-order valence-electron chi connectivity index (χ0n) is 16.0. The van der Waals surface area contributed by atoms with Gasteiger partial charge in [0.2, 0.25) is 0 Å². The number of carbonyl (C=O) groups excluding carboxylic acids is 1. The summed E-state index contributed by atoms with van der Waals surface area (Å²) >= 11 is 3.37. The van der Waals surface area contributed by atoms with Crippen LogP contribution in [-0.4, -0.2) is 26.9 Å². The number of nitrogens with one attached hydrogen (secondary N) is 1. The minimum atomic E-state index is -1.04. The maximum Gasteiger partial charge on any atom is 0.335 e. The van der Waals surface area contributed by atoms with Crippen LogP contribution in [0.2, 0.25) is 0 Å². The van der Waals surface area contributed by atoms with E-state index in [1.54, 1.807) is 12.1 Å². The highest BCUT2D eigenvalue weighted by Gasteiger charge is 2.21. The van der Waals surface area contributed by atoms with Gasteiger partial charge in [-0.05, 0) is 54.1 Å². The van der Waals surface area contributed by atoms with E-state index in [-0.39, 0.29) is 23.3 Å². The second-order valence-corrected chi connectivity index (χ2v) is 7.63. The molecule has 0 saturated carbocycles. The van der Waals surface area contributed by atoms with Gasteiger partial charge in [0.25, 0.3) is 0 Å². The van der Waals surface area contributed by atoms with Crippen molar-refractivity contribution < 1.29 is 24.7 Å². The first kappa shape index (κ1) is 22.0. The molecule has 158 valence electrons. The van der Waals surface area contributed by atoms with Crippen molar-refractivity contribution in [2.75, 3.05) is 5.32 Å². The molecule has 0 spiro atoms. The number of anilines is 1. The first-order valence-corrected chi connectivity index (χ1v) is 9.90. The summed E-state index contributed by atoms with van der Waals surface area (Å²) in [7, 11) is 0. The number of aromatic carboxylic acids is 1. The van der Waals surface area contributed by atoms with Crippen LogP contribution in [0.4, 0.5) is 11.4 Å². The molecule has 0 fully saturated rings. The summed E-state index contributed by atoms with van der Waals surface area (Å²) in [4.78, 5) is 34.3. The van der Waals surface area contributed by atoms with Crippen molar-refractivity contribution in [1.29, 1.82) is 0 Å². The number of carboxylic acid groups (broad SMARTS) is 1. The van der Waals surface area contributed by atoms with Gasteiger partial charge in [-0.1, -0.05) is 28.1 Å². The molecule has 0 bridgehead atoms. The second-order valence-electron chi connectivity index (χ2n) is 6.72. The van der Waals surface area contributed by atoms with Gasteiger partial charge in [0.05, 0.1) is 16.5 Å². The summed E-state index contributed by atoms with van der Waals surface area (Å²) in [5.74, 6) is -1.91. The Morgan fingerprint density at radius 1 is 1.00 bits per heavy atom. The predicted molar refractivity (Wildman–Crippen MR) is 118 cm³/mol. The maximum atomic E-state index is 12.9. The number of nitro groups is 1. The van der Waals surface area contributed by atoms with Crippen LogP contribution < -0.4 is 5.32 Å². The molecule has 0 saturated heterocycles. The number of nitrogens with zero attached hydrogens (tertiary/aromatic N) is 1. The van der Waals surface area contributed by atoms with E-state index in [0.717, 1.165) is 22.2 Å². The quantitative estimate of drug-likeness (QED) is 0.228. The summed E-state index contributed by atoms with van der Waals surface area (Å²) < 4.78 is 0.862. The van der Waals surface area contributed by atoms with Crippen molar-refractivity contribution in [2.24, 2.45) is 0 Å². The van der Waals surface area contributed by atoms with Crippen molar-refractivity contribution >= 4 is 39.1 Å². The van der Waals surface area contributed by atoms with E-state index in [0.29, 0.717) is 5.69 Å². The lowest BCUT2D eigenvalue weighted by Crippen LogP contribution is -2.16. The molecule has 31 heavy (non-hydrogen) atoms. The Hall–Kier alpha value is -3.72. The molecule has 1 unspecified atom stereocenters. The zero-order chi connectivity index (χ0) is 22.5. The van der Waals surface area contributed by atoms with Gasteiger partial charge < -0.3 is 15.5 Å². The molecule has 0 aliphatic carbocycles. The molecule has 1 atom stereocenters. The number of aromatic hydroxyl groups is 1. The summed E-state index contributed by atoms with van der Waals surface area (Å²) in [6, 6.07) is 16.5. The molecule has 3 rings (SSSR count). The third kappa shape index (κ3) is 5.46. The third-order valence-electron chi connectivity index (χ3n) is 4.63. The second kappa shape index (κ2) is 9.40. The monoisotopic (exact) mass is 484 g/mol. The van der Waals surface area contributed by atoms with Crippen molar-refractivity contribution in [2.45, 2.75) is 12.5 Å². The molecule has 0 aliphatic rings. The Kier molecular flexibility index (Phi) is 6.66. The largest absolute Gasteiger partial charge is 0.502 e. The van der Waals surface area contributed by atoms with Crippen molar-refractivity contribution in [3.63, 3.8) is 0 Å². The van der Waals surface area contributed by atoms with Crippen molar-refractivity contribution in [3.8, 4) is 5.75 Å². The van der Waals surface area contributed by atoms with Crippen molar-refractivity contribution in [3.05, 3.63) is 98.0 Å².